The van der Waals surface area contributed by atoms with E-state index in [0.29, 0.717) is 0 Å². The maximum Gasteiger partial charge on any atom is 0.214 e. The number of phenols is 1. The van der Waals surface area contributed by atoms with E-state index in [-0.39, 0.29) is 22.0 Å². The van der Waals surface area contributed by atoms with Gasteiger partial charge in [0.05, 0.1) is 10.6 Å². The highest BCUT2D eigenvalue weighted by Crippen LogP contribution is 2.26. The first-order chi connectivity index (χ1) is 8.52. The fraction of sp³-hybridized carbons (Fsp3) is 0. The zero-order chi connectivity index (χ0) is 13.3. The van der Waals surface area contributed by atoms with Gasteiger partial charge >= 0.3 is 0 Å². The number of halogens is 2. The van der Waals surface area contributed by atoms with E-state index in [9.17, 15) is 14.3 Å². The summed E-state index contributed by atoms with van der Waals surface area (Å²) in [6.45, 7) is 0. The summed E-state index contributed by atoms with van der Waals surface area (Å²) in [5, 5.41) is 23.7. The van der Waals surface area contributed by atoms with Crippen LogP contribution >= 0.6 is 11.6 Å². The molecule has 0 aliphatic rings. The summed E-state index contributed by atoms with van der Waals surface area (Å²) in [5.74, 6) is -1.99. The second-order valence-corrected chi connectivity index (χ2v) is 3.80. The summed E-state index contributed by atoms with van der Waals surface area (Å²) in [6.07, 6.45) is 0. The standard InChI is InChI=1S/C11H5ClFN3O2/c12-7-2-6(10(17)3-8(7)13)11(18)9-1-5(4-14)15-16-9/h1-3,17H,(H,15,16). The second-order valence-electron chi connectivity index (χ2n) is 3.39. The van der Waals surface area contributed by atoms with Gasteiger partial charge in [-0.3, -0.25) is 9.89 Å². The summed E-state index contributed by atoms with van der Waals surface area (Å²) >= 11 is 5.53. The Balaban J connectivity index is 2.46. The van der Waals surface area contributed by atoms with Gasteiger partial charge in [0.15, 0.2) is 5.69 Å². The zero-order valence-electron chi connectivity index (χ0n) is 8.74. The topological polar surface area (TPSA) is 89.8 Å². The molecule has 18 heavy (non-hydrogen) atoms. The van der Waals surface area contributed by atoms with Crippen LogP contribution in [0, 0.1) is 17.1 Å². The second kappa shape index (κ2) is 4.47. The van der Waals surface area contributed by atoms with Gasteiger partial charge in [-0.25, -0.2) is 4.39 Å². The number of ketones is 1. The normalized spacial score (nSPS) is 10.1. The van der Waals surface area contributed by atoms with E-state index < -0.39 is 17.3 Å². The van der Waals surface area contributed by atoms with Crippen LogP contribution in [0.3, 0.4) is 0 Å². The number of rotatable bonds is 2. The SMILES string of the molecule is N#Cc1cc(C(=O)c2cc(Cl)c(F)cc2O)[nH]n1. The third-order valence-corrected chi connectivity index (χ3v) is 2.51. The maximum atomic E-state index is 13.0. The molecule has 7 heteroatoms. The van der Waals surface area contributed by atoms with Gasteiger partial charge in [-0.2, -0.15) is 10.4 Å². The molecule has 0 radical (unpaired) electrons. The number of aromatic hydroxyl groups is 1. The largest absolute Gasteiger partial charge is 0.507 e. The molecule has 0 saturated heterocycles. The molecule has 0 spiro atoms. The van der Waals surface area contributed by atoms with Crippen molar-refractivity contribution >= 4 is 17.4 Å². The van der Waals surface area contributed by atoms with Crippen molar-refractivity contribution in [1.29, 1.82) is 5.26 Å². The average molecular weight is 266 g/mol. The highest BCUT2D eigenvalue weighted by atomic mass is 35.5. The van der Waals surface area contributed by atoms with E-state index in [2.05, 4.69) is 10.2 Å². The van der Waals surface area contributed by atoms with E-state index in [1.165, 1.54) is 6.07 Å². The molecule has 0 saturated carbocycles. The van der Waals surface area contributed by atoms with Crippen molar-refractivity contribution in [2.24, 2.45) is 0 Å². The molecule has 0 amide bonds. The van der Waals surface area contributed by atoms with Crippen LogP contribution < -0.4 is 0 Å². The number of hydrogen-bond donors (Lipinski definition) is 2. The number of nitrogens with zero attached hydrogens (tertiary/aromatic N) is 2. The van der Waals surface area contributed by atoms with Gasteiger partial charge in [0, 0.05) is 12.1 Å². The fourth-order valence-electron chi connectivity index (χ4n) is 1.36. The highest BCUT2D eigenvalue weighted by molar-refractivity contribution is 6.31. The number of aromatic amines is 1. The van der Waals surface area contributed by atoms with E-state index in [1.54, 1.807) is 6.07 Å². The number of carbonyl (C=O) groups excluding carboxylic acids is 1. The molecule has 1 aromatic carbocycles. The van der Waals surface area contributed by atoms with Gasteiger partial charge in [-0.1, -0.05) is 11.6 Å². The first-order valence-electron chi connectivity index (χ1n) is 4.71. The summed E-state index contributed by atoms with van der Waals surface area (Å²) in [4.78, 5) is 11.9. The van der Waals surface area contributed by atoms with Crippen molar-refractivity contribution in [2.75, 3.05) is 0 Å². The van der Waals surface area contributed by atoms with Crippen LogP contribution in [0.15, 0.2) is 18.2 Å². The lowest BCUT2D eigenvalue weighted by Crippen LogP contribution is -2.03. The van der Waals surface area contributed by atoms with Crippen LogP contribution in [0.25, 0.3) is 0 Å². The van der Waals surface area contributed by atoms with Gasteiger partial charge < -0.3 is 5.11 Å². The third-order valence-electron chi connectivity index (χ3n) is 2.22. The van der Waals surface area contributed by atoms with Crippen molar-refractivity contribution in [2.45, 2.75) is 0 Å². The van der Waals surface area contributed by atoms with Crippen LogP contribution in [-0.2, 0) is 0 Å². The molecule has 0 aliphatic carbocycles. The van der Waals surface area contributed by atoms with E-state index in [0.717, 1.165) is 12.1 Å². The van der Waals surface area contributed by atoms with Crippen molar-refractivity contribution in [1.82, 2.24) is 10.2 Å². The fourth-order valence-corrected chi connectivity index (χ4v) is 1.52. The molecule has 5 nitrogen and oxygen atoms in total. The quantitative estimate of drug-likeness (QED) is 0.813. The minimum Gasteiger partial charge on any atom is -0.507 e. The minimum absolute atomic E-state index is 0.00419. The number of phenolic OH excluding ortho intramolecular Hbond substituents is 1. The average Bonchev–Trinajstić information content (AvgIpc) is 2.81. The van der Waals surface area contributed by atoms with Crippen LogP contribution in [-0.4, -0.2) is 21.1 Å². The van der Waals surface area contributed by atoms with Gasteiger partial charge in [0.25, 0.3) is 0 Å². The molecule has 2 N–H and O–H groups in total. The molecule has 1 aromatic heterocycles. The van der Waals surface area contributed by atoms with Crippen LogP contribution in [0.1, 0.15) is 21.7 Å². The number of carbonyl (C=O) groups is 1. The Morgan fingerprint density at radius 3 is 2.83 bits per heavy atom. The zero-order valence-corrected chi connectivity index (χ0v) is 9.49. The molecule has 0 atom stereocenters. The number of H-pyrrole nitrogens is 1. The van der Waals surface area contributed by atoms with Gasteiger partial charge in [-0.05, 0) is 6.07 Å². The van der Waals surface area contributed by atoms with Gasteiger partial charge in [0.2, 0.25) is 5.78 Å². The predicted octanol–water partition coefficient (Wildman–Crippen LogP) is 2.01. The van der Waals surface area contributed by atoms with Crippen LogP contribution in [0.4, 0.5) is 4.39 Å². The van der Waals surface area contributed by atoms with Crippen molar-refractivity contribution < 1.29 is 14.3 Å². The number of benzene rings is 1. The Bertz CT molecular complexity index is 675. The van der Waals surface area contributed by atoms with Crippen LogP contribution in [0.5, 0.6) is 5.75 Å². The molecular weight excluding hydrogens is 261 g/mol. The Hall–Kier alpha value is -2.39. The number of nitrogens with one attached hydrogen (secondary N) is 1. The first kappa shape index (κ1) is 12.1. The Morgan fingerprint density at radius 1 is 1.50 bits per heavy atom. The van der Waals surface area contributed by atoms with Crippen molar-refractivity contribution in [3.63, 3.8) is 0 Å². The Morgan fingerprint density at radius 2 is 2.22 bits per heavy atom. The monoisotopic (exact) mass is 265 g/mol. The van der Waals surface area contributed by atoms with E-state index >= 15 is 0 Å². The molecule has 1 heterocycles. The van der Waals surface area contributed by atoms with Crippen molar-refractivity contribution in [3.05, 3.63) is 46.0 Å². The first-order valence-corrected chi connectivity index (χ1v) is 5.09. The highest BCUT2D eigenvalue weighted by Gasteiger charge is 2.18. The lowest BCUT2D eigenvalue weighted by molar-refractivity contribution is 0.103. The molecule has 2 aromatic rings. The predicted molar refractivity (Wildman–Crippen MR) is 59.8 cm³/mol. The smallest absolute Gasteiger partial charge is 0.214 e. The van der Waals surface area contributed by atoms with E-state index in [1.807, 2.05) is 0 Å². The van der Waals surface area contributed by atoms with E-state index in [4.69, 9.17) is 16.9 Å². The number of hydrogen-bond acceptors (Lipinski definition) is 4. The van der Waals surface area contributed by atoms with Crippen molar-refractivity contribution in [3.8, 4) is 11.8 Å². The number of nitriles is 1. The Kier molecular flexibility index (Phi) is 3.00. The molecular formula is C11H5ClFN3O2. The molecule has 0 unspecified atom stereocenters. The summed E-state index contributed by atoms with van der Waals surface area (Å²) in [5.41, 5.74) is -0.134. The van der Waals surface area contributed by atoms with Crippen LogP contribution in [0.2, 0.25) is 5.02 Å². The molecule has 2 rings (SSSR count). The van der Waals surface area contributed by atoms with Gasteiger partial charge in [-0.15, -0.1) is 0 Å². The molecule has 0 aliphatic heterocycles. The van der Waals surface area contributed by atoms with Gasteiger partial charge in [0.1, 0.15) is 23.3 Å². The minimum atomic E-state index is -0.826. The molecule has 90 valence electrons. The molecule has 0 fully saturated rings. The lowest BCUT2D eigenvalue weighted by atomic mass is 10.1. The Labute approximate surface area is 105 Å². The molecule has 0 bridgehead atoms. The summed E-state index contributed by atoms with van der Waals surface area (Å²) in [6, 6.07) is 4.73. The number of aromatic nitrogens is 2. The summed E-state index contributed by atoms with van der Waals surface area (Å²) in [7, 11) is 0. The lowest BCUT2D eigenvalue weighted by Gasteiger charge is -2.03. The summed E-state index contributed by atoms with van der Waals surface area (Å²) < 4.78 is 13.0. The maximum absolute atomic E-state index is 13.0. The third kappa shape index (κ3) is 2.04.